The molecule has 0 aliphatic rings. The first kappa shape index (κ1) is 19.5. The summed E-state index contributed by atoms with van der Waals surface area (Å²) >= 11 is 1.08. The van der Waals surface area contributed by atoms with Gasteiger partial charge in [0.05, 0.1) is 17.9 Å². The van der Waals surface area contributed by atoms with Gasteiger partial charge in [0, 0.05) is 11.9 Å². The van der Waals surface area contributed by atoms with Crippen LogP contribution >= 0.6 is 11.8 Å². The van der Waals surface area contributed by atoms with Crippen molar-refractivity contribution < 1.29 is 14.4 Å². The molecule has 0 aliphatic heterocycles. The van der Waals surface area contributed by atoms with Crippen LogP contribution in [0.3, 0.4) is 0 Å². The summed E-state index contributed by atoms with van der Waals surface area (Å²) in [4.78, 5) is 39.4. The van der Waals surface area contributed by atoms with Gasteiger partial charge in [-0.3, -0.25) is 14.4 Å². The summed E-state index contributed by atoms with van der Waals surface area (Å²) in [6.45, 7) is 1.83. The van der Waals surface area contributed by atoms with Gasteiger partial charge in [0.2, 0.25) is 11.8 Å². The summed E-state index contributed by atoms with van der Waals surface area (Å²) in [6, 6.07) is 10.7. The Kier molecular flexibility index (Phi) is 7.16. The van der Waals surface area contributed by atoms with Crippen molar-refractivity contribution in [2.24, 2.45) is 5.73 Å². The number of amides is 3. The van der Waals surface area contributed by atoms with Crippen molar-refractivity contribution in [1.29, 1.82) is 0 Å². The number of aromatic nitrogens is 1. The normalized spacial score (nSPS) is 10.2. The Balaban J connectivity index is 1.96. The molecule has 8 heteroatoms. The lowest BCUT2D eigenvalue weighted by atomic mass is 10.1. The number of para-hydroxylation sites is 1. The average Bonchev–Trinajstić information content (AvgIpc) is 2.65. The number of hydrogen-bond donors (Lipinski definition) is 3. The SMILES string of the molecule is CCc1ccccc1NC(=O)CNC(=O)c1cccnc1SCC(N)=O. The third-order valence-corrected chi connectivity index (χ3v) is 4.48. The second-order valence-corrected chi connectivity index (χ2v) is 6.32. The minimum absolute atomic E-state index is 0.0194. The van der Waals surface area contributed by atoms with E-state index >= 15 is 0 Å². The highest BCUT2D eigenvalue weighted by atomic mass is 32.2. The van der Waals surface area contributed by atoms with E-state index < -0.39 is 11.8 Å². The fraction of sp³-hybridized carbons (Fsp3) is 0.222. The molecule has 0 unspecified atom stereocenters. The smallest absolute Gasteiger partial charge is 0.254 e. The van der Waals surface area contributed by atoms with E-state index in [0.29, 0.717) is 10.6 Å². The monoisotopic (exact) mass is 372 g/mol. The van der Waals surface area contributed by atoms with E-state index in [1.165, 1.54) is 6.20 Å². The number of carbonyl (C=O) groups is 3. The second kappa shape index (κ2) is 9.57. The molecule has 2 rings (SSSR count). The molecule has 7 nitrogen and oxygen atoms in total. The molecule has 1 heterocycles. The molecule has 0 atom stereocenters. The van der Waals surface area contributed by atoms with E-state index in [1.54, 1.807) is 12.1 Å². The third-order valence-electron chi connectivity index (χ3n) is 3.45. The zero-order valence-corrected chi connectivity index (χ0v) is 15.1. The van der Waals surface area contributed by atoms with Crippen molar-refractivity contribution in [3.63, 3.8) is 0 Å². The van der Waals surface area contributed by atoms with Gasteiger partial charge >= 0.3 is 0 Å². The van der Waals surface area contributed by atoms with Crippen molar-refractivity contribution in [3.05, 3.63) is 53.7 Å². The maximum absolute atomic E-state index is 12.3. The number of aryl methyl sites for hydroxylation is 1. The fourth-order valence-corrected chi connectivity index (χ4v) is 2.95. The Morgan fingerprint density at radius 2 is 1.92 bits per heavy atom. The van der Waals surface area contributed by atoms with Crippen molar-refractivity contribution >= 4 is 35.2 Å². The highest BCUT2D eigenvalue weighted by molar-refractivity contribution is 8.00. The van der Waals surface area contributed by atoms with Gasteiger partial charge in [0.1, 0.15) is 5.03 Å². The zero-order chi connectivity index (χ0) is 18.9. The van der Waals surface area contributed by atoms with Crippen molar-refractivity contribution in [2.45, 2.75) is 18.4 Å². The number of benzene rings is 1. The fourth-order valence-electron chi connectivity index (χ4n) is 2.22. The number of thioether (sulfide) groups is 1. The molecular weight excluding hydrogens is 352 g/mol. The van der Waals surface area contributed by atoms with Gasteiger partial charge in [-0.2, -0.15) is 0 Å². The Morgan fingerprint density at radius 3 is 2.65 bits per heavy atom. The van der Waals surface area contributed by atoms with Crippen LogP contribution in [0.25, 0.3) is 0 Å². The van der Waals surface area contributed by atoms with Gasteiger partial charge < -0.3 is 16.4 Å². The maximum Gasteiger partial charge on any atom is 0.254 e. The molecule has 0 fully saturated rings. The van der Waals surface area contributed by atoms with E-state index in [1.807, 2.05) is 31.2 Å². The standard InChI is InChI=1S/C18H20N4O3S/c1-2-12-6-3-4-8-14(12)22-16(24)10-21-17(25)13-7-5-9-20-18(13)26-11-15(19)23/h3-9H,2,10-11H2,1H3,(H2,19,23)(H,21,25)(H,22,24). The molecule has 0 saturated heterocycles. The van der Waals surface area contributed by atoms with Gasteiger partial charge in [-0.05, 0) is 30.2 Å². The Morgan fingerprint density at radius 1 is 1.15 bits per heavy atom. The number of pyridine rings is 1. The number of carbonyl (C=O) groups excluding carboxylic acids is 3. The predicted octanol–water partition coefficient (Wildman–Crippen LogP) is 1.59. The molecule has 0 bridgehead atoms. The van der Waals surface area contributed by atoms with Crippen LogP contribution in [-0.2, 0) is 16.0 Å². The molecule has 0 radical (unpaired) electrons. The summed E-state index contributed by atoms with van der Waals surface area (Å²) in [7, 11) is 0. The molecule has 26 heavy (non-hydrogen) atoms. The minimum atomic E-state index is -0.499. The van der Waals surface area contributed by atoms with Crippen LogP contribution in [0.4, 0.5) is 5.69 Å². The molecule has 1 aromatic carbocycles. The number of rotatable bonds is 8. The summed E-state index contributed by atoms with van der Waals surface area (Å²) in [5, 5.41) is 5.74. The molecule has 0 aliphatic carbocycles. The van der Waals surface area contributed by atoms with Crippen LogP contribution in [0.1, 0.15) is 22.8 Å². The number of hydrogen-bond acceptors (Lipinski definition) is 5. The highest BCUT2D eigenvalue weighted by Gasteiger charge is 2.15. The third kappa shape index (κ3) is 5.59. The molecule has 0 saturated carbocycles. The Labute approximate surface area is 155 Å². The molecule has 4 N–H and O–H groups in total. The lowest BCUT2D eigenvalue weighted by Crippen LogP contribution is -2.33. The number of nitrogens with one attached hydrogen (secondary N) is 2. The van der Waals surface area contributed by atoms with Crippen LogP contribution in [0.15, 0.2) is 47.6 Å². The molecule has 3 amide bonds. The maximum atomic E-state index is 12.3. The van der Waals surface area contributed by atoms with Crippen LogP contribution in [0, 0.1) is 0 Å². The van der Waals surface area contributed by atoms with Gasteiger partial charge in [-0.1, -0.05) is 36.9 Å². The molecule has 0 spiro atoms. The summed E-state index contributed by atoms with van der Waals surface area (Å²) < 4.78 is 0. The minimum Gasteiger partial charge on any atom is -0.369 e. The first-order chi connectivity index (χ1) is 12.5. The van der Waals surface area contributed by atoms with E-state index in [0.717, 1.165) is 29.4 Å². The molecular formula is C18H20N4O3S. The first-order valence-electron chi connectivity index (χ1n) is 8.03. The number of nitrogens with zero attached hydrogens (tertiary/aromatic N) is 1. The van der Waals surface area contributed by atoms with E-state index in [4.69, 9.17) is 5.73 Å². The van der Waals surface area contributed by atoms with E-state index in [-0.39, 0.29) is 18.2 Å². The lowest BCUT2D eigenvalue weighted by Gasteiger charge is -2.11. The number of anilines is 1. The average molecular weight is 372 g/mol. The quantitative estimate of drug-likeness (QED) is 0.609. The van der Waals surface area contributed by atoms with E-state index in [2.05, 4.69) is 15.6 Å². The topological polar surface area (TPSA) is 114 Å². The number of nitrogens with two attached hydrogens (primary N) is 1. The van der Waals surface area contributed by atoms with Crippen LogP contribution in [-0.4, -0.2) is 35.0 Å². The Hall–Kier alpha value is -2.87. The van der Waals surface area contributed by atoms with Gasteiger partial charge in [-0.25, -0.2) is 4.98 Å². The summed E-state index contributed by atoms with van der Waals surface area (Å²) in [5.41, 5.74) is 7.16. The van der Waals surface area contributed by atoms with Gasteiger partial charge in [-0.15, -0.1) is 0 Å². The van der Waals surface area contributed by atoms with Crippen LogP contribution in [0.2, 0.25) is 0 Å². The molecule has 2 aromatic rings. The first-order valence-corrected chi connectivity index (χ1v) is 9.02. The van der Waals surface area contributed by atoms with E-state index in [9.17, 15) is 14.4 Å². The Bertz CT molecular complexity index is 811. The zero-order valence-electron chi connectivity index (χ0n) is 14.3. The highest BCUT2D eigenvalue weighted by Crippen LogP contribution is 2.19. The van der Waals surface area contributed by atoms with Crippen molar-refractivity contribution in [2.75, 3.05) is 17.6 Å². The molecule has 136 valence electrons. The lowest BCUT2D eigenvalue weighted by molar-refractivity contribution is -0.116. The van der Waals surface area contributed by atoms with Crippen LogP contribution < -0.4 is 16.4 Å². The van der Waals surface area contributed by atoms with Gasteiger partial charge in [0.15, 0.2) is 0 Å². The van der Waals surface area contributed by atoms with Gasteiger partial charge in [0.25, 0.3) is 5.91 Å². The number of primary amides is 1. The summed E-state index contributed by atoms with van der Waals surface area (Å²) in [5.74, 6) is -1.24. The molecule has 1 aromatic heterocycles. The second-order valence-electron chi connectivity index (χ2n) is 5.35. The predicted molar refractivity (Wildman–Crippen MR) is 101 cm³/mol. The van der Waals surface area contributed by atoms with Crippen LogP contribution in [0.5, 0.6) is 0 Å². The summed E-state index contributed by atoms with van der Waals surface area (Å²) in [6.07, 6.45) is 2.31. The van der Waals surface area contributed by atoms with Crippen molar-refractivity contribution in [3.8, 4) is 0 Å². The largest absolute Gasteiger partial charge is 0.369 e. The van der Waals surface area contributed by atoms with Crippen molar-refractivity contribution in [1.82, 2.24) is 10.3 Å².